The normalized spacial score (nSPS) is 10.8. The van der Waals surface area contributed by atoms with Gasteiger partial charge in [-0.05, 0) is 72.1 Å². The molecule has 16 nitrogen and oxygen atoms in total. The number of halogens is 3. The van der Waals surface area contributed by atoms with Gasteiger partial charge < -0.3 is 50.9 Å². The van der Waals surface area contributed by atoms with Crippen molar-refractivity contribution < 1.29 is 24.0 Å². The number of aromatic nitrogens is 3. The number of anilines is 5. The number of carbonyl (C=O) groups excluding carboxylic acids is 5. The minimum absolute atomic E-state index is 0. The van der Waals surface area contributed by atoms with E-state index in [1.807, 2.05) is 18.2 Å². The Morgan fingerprint density at radius 2 is 1.15 bits per heavy atom. The maximum atomic E-state index is 13.4. The highest BCUT2D eigenvalue weighted by Crippen LogP contribution is 2.30. The smallest absolute Gasteiger partial charge is 0.272 e. The molecule has 0 unspecified atom stereocenters. The largest absolute Gasteiger partial charge is 0.388 e. The van der Waals surface area contributed by atoms with Crippen molar-refractivity contribution in [2.75, 3.05) is 57.6 Å². The van der Waals surface area contributed by atoms with Crippen molar-refractivity contribution in [3.63, 3.8) is 0 Å². The fourth-order valence-electron chi connectivity index (χ4n) is 6.39. The molecule has 0 aliphatic heterocycles. The molecule has 4 heterocycles. The lowest BCUT2D eigenvalue weighted by Crippen LogP contribution is -2.28. The minimum Gasteiger partial charge on any atom is -0.388 e. The Morgan fingerprint density at radius 1 is 0.656 bits per heavy atom. The highest BCUT2D eigenvalue weighted by molar-refractivity contribution is 7.20. The summed E-state index contributed by atoms with van der Waals surface area (Å²) in [5, 5.41) is 22.1. The Hall–Kier alpha value is -6.27. The lowest BCUT2D eigenvalue weighted by molar-refractivity contribution is 0.0944. The van der Waals surface area contributed by atoms with E-state index in [2.05, 4.69) is 31.5 Å². The third-order valence-corrected chi connectivity index (χ3v) is 10.8. The molecule has 320 valence electrons. The van der Waals surface area contributed by atoms with Crippen LogP contribution in [0.4, 0.5) is 28.4 Å². The summed E-state index contributed by atoms with van der Waals surface area (Å²) in [6.07, 6.45) is 5.03. The summed E-state index contributed by atoms with van der Waals surface area (Å²) in [5.74, 6) is -1.07. The standard InChI is InChI=1S/C41H43Cl2N11O5S.ClH/c1-51-21-27(18-31(51)38(56)46-13-10-36(44)45)48-39(57)32-19-28(22-52(32)2)49-40(58)33-20-29(23-53(33)3)50-41(59)35-17-25-16-26(6-9-34(25)60-35)47-37(55)24-4-7-30(8-5-24)54(14-11-42)15-12-43;/h4-9,16-23H,10-15H2,1-3H3,(H3,44,45)(H,46,56)(H,47,55)(H,48,57)(H,49,58)(H,50,59);1H. The summed E-state index contributed by atoms with van der Waals surface area (Å²) in [4.78, 5) is 68.0. The number of fused-ring (bicyclic) bond motifs is 1. The minimum atomic E-state index is -0.467. The maximum absolute atomic E-state index is 13.4. The molecule has 0 atom stereocenters. The number of rotatable bonds is 17. The Bertz CT molecular complexity index is 2590. The Balaban J connectivity index is 0.00000704. The fraction of sp³-hybridized carbons (Fsp3) is 0.220. The molecule has 0 aliphatic rings. The van der Waals surface area contributed by atoms with E-state index >= 15 is 0 Å². The van der Waals surface area contributed by atoms with E-state index in [1.54, 1.807) is 89.8 Å². The van der Waals surface area contributed by atoms with Gasteiger partial charge in [0.05, 0.1) is 27.8 Å². The van der Waals surface area contributed by atoms with Crippen LogP contribution >= 0.6 is 46.9 Å². The van der Waals surface area contributed by atoms with Crippen LogP contribution in [0.15, 0.2) is 85.3 Å². The fourth-order valence-corrected chi connectivity index (χ4v) is 7.74. The van der Waals surface area contributed by atoms with Gasteiger partial charge in [0.25, 0.3) is 29.5 Å². The highest BCUT2D eigenvalue weighted by atomic mass is 35.5. The molecule has 0 radical (unpaired) electrons. The number of amidine groups is 1. The molecule has 5 amide bonds. The third kappa shape index (κ3) is 11.3. The molecule has 2 aromatic carbocycles. The molecule has 0 spiro atoms. The zero-order chi connectivity index (χ0) is 43.1. The van der Waals surface area contributed by atoms with Crippen LogP contribution in [0.1, 0.15) is 57.9 Å². The van der Waals surface area contributed by atoms with Gasteiger partial charge in [-0.3, -0.25) is 29.4 Å². The maximum Gasteiger partial charge on any atom is 0.272 e. The first kappa shape index (κ1) is 45.8. The van der Waals surface area contributed by atoms with E-state index in [-0.39, 0.29) is 60.3 Å². The number of hydrogen-bond donors (Lipinski definition) is 7. The van der Waals surface area contributed by atoms with E-state index < -0.39 is 11.8 Å². The second kappa shape index (κ2) is 20.3. The van der Waals surface area contributed by atoms with Crippen LogP contribution in [-0.2, 0) is 21.1 Å². The SMILES string of the molecule is Cl.Cn1cc(NC(=O)c2cc(NC(=O)c3cc(NC(=O)c4cc5cc(NC(=O)c6ccc(N(CCCl)CCCl)cc6)ccc5s4)cn3C)cn2C)cc1C(=O)NCCC(=N)N. The summed E-state index contributed by atoms with van der Waals surface area (Å²) in [5.41, 5.74) is 9.30. The van der Waals surface area contributed by atoms with Gasteiger partial charge in [0.2, 0.25) is 0 Å². The van der Waals surface area contributed by atoms with Gasteiger partial charge in [-0.25, -0.2) is 0 Å². The van der Waals surface area contributed by atoms with Crippen molar-refractivity contribution in [1.29, 1.82) is 5.41 Å². The summed E-state index contributed by atoms with van der Waals surface area (Å²) < 4.78 is 5.55. The number of thiophene rings is 1. The molecule has 0 aliphatic carbocycles. The van der Waals surface area contributed by atoms with Crippen molar-refractivity contribution in [2.45, 2.75) is 6.42 Å². The Morgan fingerprint density at radius 3 is 1.66 bits per heavy atom. The van der Waals surface area contributed by atoms with Crippen molar-refractivity contribution in [2.24, 2.45) is 26.9 Å². The lowest BCUT2D eigenvalue weighted by Gasteiger charge is -2.22. The Labute approximate surface area is 371 Å². The molecular weight excluding hydrogens is 865 g/mol. The molecule has 0 bridgehead atoms. The molecule has 6 rings (SSSR count). The zero-order valence-electron chi connectivity index (χ0n) is 33.3. The number of nitrogens with one attached hydrogen (secondary N) is 6. The van der Waals surface area contributed by atoms with Gasteiger partial charge in [-0.1, -0.05) is 0 Å². The highest BCUT2D eigenvalue weighted by Gasteiger charge is 2.20. The monoisotopic (exact) mass is 907 g/mol. The molecule has 8 N–H and O–H groups in total. The number of benzene rings is 2. The van der Waals surface area contributed by atoms with E-state index in [9.17, 15) is 24.0 Å². The molecule has 0 saturated heterocycles. The van der Waals surface area contributed by atoms with Crippen LogP contribution in [0, 0.1) is 5.41 Å². The second-order valence-corrected chi connectivity index (χ2v) is 15.6. The number of alkyl halides is 2. The summed E-state index contributed by atoms with van der Waals surface area (Å²) in [7, 11) is 5.00. The van der Waals surface area contributed by atoms with Crippen LogP contribution in [0.3, 0.4) is 0 Å². The number of amides is 5. The molecule has 6 aromatic rings. The predicted octanol–water partition coefficient (Wildman–Crippen LogP) is 6.69. The first-order valence-electron chi connectivity index (χ1n) is 18.6. The van der Waals surface area contributed by atoms with Crippen molar-refractivity contribution in [1.82, 2.24) is 19.0 Å². The van der Waals surface area contributed by atoms with Crippen LogP contribution < -0.4 is 37.2 Å². The van der Waals surface area contributed by atoms with Crippen LogP contribution in [0.5, 0.6) is 0 Å². The number of nitrogens with two attached hydrogens (primary N) is 1. The number of aryl methyl sites for hydroxylation is 3. The molecule has 4 aromatic heterocycles. The predicted molar refractivity (Wildman–Crippen MR) is 246 cm³/mol. The van der Waals surface area contributed by atoms with Gasteiger partial charge in [0, 0.05) is 99.2 Å². The first-order valence-corrected chi connectivity index (χ1v) is 20.5. The molecule has 61 heavy (non-hydrogen) atoms. The molecule has 20 heteroatoms. The number of nitrogens with zero attached hydrogens (tertiary/aromatic N) is 4. The summed E-state index contributed by atoms with van der Waals surface area (Å²) in [6, 6.07) is 19.0. The molecular formula is C41H44Cl3N11O5S. The Kier molecular flexibility index (Phi) is 15.3. The average Bonchev–Trinajstić information content (AvgIpc) is 3.99. The second-order valence-electron chi connectivity index (χ2n) is 13.8. The third-order valence-electron chi connectivity index (χ3n) is 9.37. The van der Waals surface area contributed by atoms with E-state index in [0.717, 1.165) is 15.8 Å². The lowest BCUT2D eigenvalue weighted by atomic mass is 10.1. The van der Waals surface area contributed by atoms with E-state index in [4.69, 9.17) is 34.3 Å². The van der Waals surface area contributed by atoms with Gasteiger partial charge >= 0.3 is 0 Å². The van der Waals surface area contributed by atoms with Gasteiger partial charge in [-0.2, -0.15) is 0 Å². The molecule has 0 fully saturated rings. The zero-order valence-corrected chi connectivity index (χ0v) is 36.5. The number of carbonyl (C=O) groups is 5. The van der Waals surface area contributed by atoms with E-state index in [0.29, 0.717) is 63.7 Å². The van der Waals surface area contributed by atoms with Gasteiger partial charge in [-0.15, -0.1) is 46.9 Å². The quantitative estimate of drug-likeness (QED) is 0.0299. The summed E-state index contributed by atoms with van der Waals surface area (Å²) >= 11 is 13.2. The topological polar surface area (TPSA) is 213 Å². The molecule has 0 saturated carbocycles. The van der Waals surface area contributed by atoms with Gasteiger partial charge in [0.15, 0.2) is 0 Å². The van der Waals surface area contributed by atoms with Crippen LogP contribution in [0.25, 0.3) is 10.1 Å². The van der Waals surface area contributed by atoms with Gasteiger partial charge in [0.1, 0.15) is 17.1 Å². The van der Waals surface area contributed by atoms with E-state index in [1.165, 1.54) is 23.5 Å². The van der Waals surface area contributed by atoms with Crippen molar-refractivity contribution >= 4 is 121 Å². The average molecular weight is 909 g/mol. The first-order chi connectivity index (χ1) is 28.7. The van der Waals surface area contributed by atoms with Crippen molar-refractivity contribution in [3.05, 3.63) is 113 Å². The van der Waals surface area contributed by atoms with Crippen LogP contribution in [0.2, 0.25) is 0 Å². The van der Waals surface area contributed by atoms with Crippen molar-refractivity contribution in [3.8, 4) is 0 Å². The summed E-state index contributed by atoms with van der Waals surface area (Å²) in [6.45, 7) is 1.49. The van der Waals surface area contributed by atoms with Crippen LogP contribution in [-0.4, -0.2) is 80.5 Å². The number of hydrogen-bond acceptors (Lipinski definition) is 8.